The molecule has 0 saturated heterocycles. The van der Waals surface area contributed by atoms with E-state index in [4.69, 9.17) is 14.0 Å². The summed E-state index contributed by atoms with van der Waals surface area (Å²) in [6.45, 7) is 1.40. The third-order valence-corrected chi connectivity index (χ3v) is 5.65. The van der Waals surface area contributed by atoms with E-state index in [1.807, 2.05) is 24.3 Å². The molecular formula is C23H28N4O3. The average Bonchev–Trinajstić information content (AvgIpc) is 3.28. The third kappa shape index (κ3) is 4.79. The molecule has 2 aromatic heterocycles. The average molecular weight is 409 g/mol. The lowest BCUT2D eigenvalue weighted by molar-refractivity contribution is 0.123. The highest BCUT2D eigenvalue weighted by Crippen LogP contribution is 2.30. The van der Waals surface area contributed by atoms with Crippen LogP contribution in [0.3, 0.4) is 0 Å². The number of ether oxygens (including phenoxy) is 2. The Balaban J connectivity index is 1.54. The molecule has 1 aliphatic rings. The van der Waals surface area contributed by atoms with Crippen LogP contribution in [0.4, 0.5) is 0 Å². The number of rotatable bonds is 8. The van der Waals surface area contributed by atoms with Gasteiger partial charge in [0.2, 0.25) is 11.7 Å². The largest absolute Gasteiger partial charge is 0.493 e. The minimum Gasteiger partial charge on any atom is -0.493 e. The molecule has 7 nitrogen and oxygen atoms in total. The van der Waals surface area contributed by atoms with E-state index in [0.717, 1.165) is 23.6 Å². The first-order chi connectivity index (χ1) is 14.8. The molecule has 0 bridgehead atoms. The van der Waals surface area contributed by atoms with Crippen molar-refractivity contribution in [1.29, 1.82) is 0 Å². The highest BCUT2D eigenvalue weighted by atomic mass is 16.5. The van der Waals surface area contributed by atoms with E-state index in [9.17, 15) is 0 Å². The van der Waals surface area contributed by atoms with Crippen molar-refractivity contribution in [2.45, 2.75) is 51.2 Å². The molecule has 4 rings (SSSR count). The summed E-state index contributed by atoms with van der Waals surface area (Å²) >= 11 is 0. The van der Waals surface area contributed by atoms with Gasteiger partial charge in [0.15, 0.2) is 11.5 Å². The molecule has 158 valence electrons. The predicted octanol–water partition coefficient (Wildman–Crippen LogP) is 4.48. The highest BCUT2D eigenvalue weighted by molar-refractivity contribution is 5.51. The molecular weight excluding hydrogens is 380 g/mol. The Labute approximate surface area is 177 Å². The smallest absolute Gasteiger partial charge is 0.241 e. The summed E-state index contributed by atoms with van der Waals surface area (Å²) in [5.41, 5.74) is 2.03. The molecule has 3 aromatic rings. The monoisotopic (exact) mass is 408 g/mol. The van der Waals surface area contributed by atoms with E-state index in [2.05, 4.69) is 26.1 Å². The number of nitrogens with zero attached hydrogens (tertiary/aromatic N) is 4. The van der Waals surface area contributed by atoms with Crippen LogP contribution in [0.5, 0.6) is 11.5 Å². The SMILES string of the molecule is COc1ccc(CN(Cc2nc(-c3cccnc3)no2)C2CCCCC2)cc1OC. The minimum absolute atomic E-state index is 0.501. The van der Waals surface area contributed by atoms with E-state index < -0.39 is 0 Å². The first kappa shape index (κ1) is 20.3. The van der Waals surface area contributed by atoms with Crippen molar-refractivity contribution in [3.8, 4) is 22.9 Å². The Morgan fingerprint density at radius 3 is 2.60 bits per heavy atom. The first-order valence-corrected chi connectivity index (χ1v) is 10.4. The van der Waals surface area contributed by atoms with E-state index in [1.54, 1.807) is 26.6 Å². The van der Waals surface area contributed by atoms with Gasteiger partial charge in [-0.1, -0.05) is 30.5 Å². The van der Waals surface area contributed by atoms with Crippen LogP contribution in [0.1, 0.15) is 43.6 Å². The Kier molecular flexibility index (Phi) is 6.59. The fraction of sp³-hybridized carbons (Fsp3) is 0.435. The second kappa shape index (κ2) is 9.71. The summed E-state index contributed by atoms with van der Waals surface area (Å²) in [6, 6.07) is 10.4. The van der Waals surface area contributed by atoms with Gasteiger partial charge in [-0.2, -0.15) is 4.98 Å². The standard InChI is InChI=1S/C23H28N4O3/c1-28-20-11-10-17(13-21(20)29-2)15-27(19-8-4-3-5-9-19)16-22-25-23(26-30-22)18-7-6-12-24-14-18/h6-7,10-14,19H,3-5,8-9,15-16H2,1-2H3. The van der Waals surface area contributed by atoms with Crippen LogP contribution in [0.15, 0.2) is 47.2 Å². The quantitative estimate of drug-likeness (QED) is 0.544. The summed E-state index contributed by atoms with van der Waals surface area (Å²) in [6.07, 6.45) is 9.70. The molecule has 2 heterocycles. The van der Waals surface area contributed by atoms with Crippen molar-refractivity contribution in [2.24, 2.45) is 0 Å². The summed E-state index contributed by atoms with van der Waals surface area (Å²) in [7, 11) is 3.32. The molecule has 0 N–H and O–H groups in total. The van der Waals surface area contributed by atoms with Crippen LogP contribution >= 0.6 is 0 Å². The molecule has 0 radical (unpaired) electrons. The van der Waals surface area contributed by atoms with Crippen molar-refractivity contribution < 1.29 is 14.0 Å². The summed E-state index contributed by atoms with van der Waals surface area (Å²) < 4.78 is 16.4. The van der Waals surface area contributed by atoms with Crippen LogP contribution in [0.25, 0.3) is 11.4 Å². The van der Waals surface area contributed by atoms with E-state index >= 15 is 0 Å². The lowest BCUT2D eigenvalue weighted by Crippen LogP contribution is -2.36. The van der Waals surface area contributed by atoms with Gasteiger partial charge in [0.05, 0.1) is 20.8 Å². The van der Waals surface area contributed by atoms with Crippen LogP contribution < -0.4 is 9.47 Å². The Bertz CT molecular complexity index is 939. The van der Waals surface area contributed by atoms with Crippen molar-refractivity contribution in [2.75, 3.05) is 14.2 Å². The molecule has 1 saturated carbocycles. The zero-order valence-corrected chi connectivity index (χ0v) is 17.6. The summed E-state index contributed by atoms with van der Waals surface area (Å²) in [4.78, 5) is 11.2. The van der Waals surface area contributed by atoms with E-state index in [0.29, 0.717) is 24.3 Å². The predicted molar refractivity (Wildman–Crippen MR) is 113 cm³/mol. The second-order valence-corrected chi connectivity index (χ2v) is 7.64. The number of hydrogen-bond donors (Lipinski definition) is 0. The second-order valence-electron chi connectivity index (χ2n) is 7.64. The topological polar surface area (TPSA) is 73.5 Å². The van der Waals surface area contributed by atoms with Gasteiger partial charge in [-0.25, -0.2) is 0 Å². The molecule has 0 atom stereocenters. The maximum absolute atomic E-state index is 5.58. The van der Waals surface area contributed by atoms with E-state index in [1.165, 1.54) is 37.7 Å². The van der Waals surface area contributed by atoms with Gasteiger partial charge in [-0.05, 0) is 42.7 Å². The normalized spacial score (nSPS) is 14.8. The Morgan fingerprint density at radius 2 is 1.87 bits per heavy atom. The first-order valence-electron chi connectivity index (χ1n) is 10.4. The molecule has 1 aromatic carbocycles. The lowest BCUT2D eigenvalue weighted by atomic mass is 9.93. The zero-order chi connectivity index (χ0) is 20.8. The van der Waals surface area contributed by atoms with E-state index in [-0.39, 0.29) is 0 Å². The van der Waals surface area contributed by atoms with Gasteiger partial charge in [0, 0.05) is 30.5 Å². The number of benzene rings is 1. The minimum atomic E-state index is 0.501. The summed E-state index contributed by atoms with van der Waals surface area (Å²) in [5.74, 6) is 2.69. The molecule has 0 spiro atoms. The molecule has 1 fully saturated rings. The van der Waals surface area contributed by atoms with Gasteiger partial charge in [-0.3, -0.25) is 9.88 Å². The number of hydrogen-bond acceptors (Lipinski definition) is 7. The van der Waals surface area contributed by atoms with Gasteiger partial charge in [0.25, 0.3) is 0 Å². The van der Waals surface area contributed by atoms with Gasteiger partial charge in [-0.15, -0.1) is 0 Å². The Hall–Kier alpha value is -2.93. The van der Waals surface area contributed by atoms with Crippen LogP contribution in [-0.4, -0.2) is 40.3 Å². The fourth-order valence-corrected chi connectivity index (χ4v) is 4.08. The molecule has 7 heteroatoms. The van der Waals surface area contributed by atoms with Gasteiger partial charge < -0.3 is 14.0 Å². The maximum atomic E-state index is 5.58. The molecule has 0 unspecified atom stereocenters. The fourth-order valence-electron chi connectivity index (χ4n) is 4.08. The van der Waals surface area contributed by atoms with Gasteiger partial charge in [0.1, 0.15) is 0 Å². The van der Waals surface area contributed by atoms with Crippen molar-refractivity contribution in [3.63, 3.8) is 0 Å². The van der Waals surface area contributed by atoms with Crippen LogP contribution in [0.2, 0.25) is 0 Å². The highest BCUT2D eigenvalue weighted by Gasteiger charge is 2.24. The van der Waals surface area contributed by atoms with Crippen molar-refractivity contribution >= 4 is 0 Å². The van der Waals surface area contributed by atoms with Gasteiger partial charge >= 0.3 is 0 Å². The Morgan fingerprint density at radius 1 is 1.03 bits per heavy atom. The zero-order valence-electron chi connectivity index (χ0n) is 17.6. The lowest BCUT2D eigenvalue weighted by Gasteiger charge is -2.33. The van der Waals surface area contributed by atoms with Crippen molar-refractivity contribution in [3.05, 3.63) is 54.2 Å². The van der Waals surface area contributed by atoms with Crippen molar-refractivity contribution in [1.82, 2.24) is 20.0 Å². The maximum Gasteiger partial charge on any atom is 0.241 e. The number of aromatic nitrogens is 3. The third-order valence-electron chi connectivity index (χ3n) is 5.65. The summed E-state index contributed by atoms with van der Waals surface area (Å²) in [5, 5.41) is 4.15. The number of methoxy groups -OCH3 is 2. The number of pyridine rings is 1. The molecule has 0 amide bonds. The molecule has 30 heavy (non-hydrogen) atoms. The van der Waals surface area contributed by atoms with Crippen LogP contribution in [-0.2, 0) is 13.1 Å². The molecule has 0 aliphatic heterocycles. The molecule has 1 aliphatic carbocycles. The van der Waals surface area contributed by atoms with Crippen LogP contribution in [0, 0.1) is 0 Å².